The summed E-state index contributed by atoms with van der Waals surface area (Å²) in [6.07, 6.45) is 0. The quantitative estimate of drug-likeness (QED) is 0.478. The van der Waals surface area contributed by atoms with E-state index in [1.807, 2.05) is 85.8 Å². The Bertz CT molecular complexity index is 1120. The average molecular weight is 433 g/mol. The lowest BCUT2D eigenvalue weighted by Crippen LogP contribution is -2.14. The first kappa shape index (κ1) is 18.1. The summed E-state index contributed by atoms with van der Waals surface area (Å²) in [6.45, 7) is 2.03. The predicted molar refractivity (Wildman–Crippen MR) is 114 cm³/mol. The van der Waals surface area contributed by atoms with Crippen LogP contribution in [0.25, 0.3) is 17.1 Å². The Morgan fingerprint density at radius 3 is 2.43 bits per heavy atom. The summed E-state index contributed by atoms with van der Waals surface area (Å²) in [4.78, 5) is 17.3. The number of aryl methyl sites for hydroxylation is 1. The summed E-state index contributed by atoms with van der Waals surface area (Å²) in [7, 11) is 0. The summed E-state index contributed by atoms with van der Waals surface area (Å²) in [5.41, 5.74) is 3.56. The van der Waals surface area contributed by atoms with Gasteiger partial charge in [-0.15, -0.1) is 5.10 Å². The lowest BCUT2D eigenvalue weighted by atomic mass is 10.1. The van der Waals surface area contributed by atoms with Gasteiger partial charge in [0.25, 0.3) is 5.91 Å². The second kappa shape index (κ2) is 7.78. The molecule has 0 bridgehead atoms. The van der Waals surface area contributed by atoms with E-state index in [-0.39, 0.29) is 11.7 Å². The van der Waals surface area contributed by atoms with Crippen LogP contribution in [0.2, 0.25) is 0 Å². The predicted octanol–water partition coefficient (Wildman–Crippen LogP) is 5.26. The molecule has 0 radical (unpaired) electrons. The zero-order chi connectivity index (χ0) is 19.5. The first-order chi connectivity index (χ1) is 13.6. The van der Waals surface area contributed by atoms with E-state index in [1.54, 1.807) is 4.68 Å². The average Bonchev–Trinajstić information content (AvgIpc) is 3.15. The molecular weight excluding hydrogens is 416 g/mol. The summed E-state index contributed by atoms with van der Waals surface area (Å²) in [5, 5.41) is 7.32. The van der Waals surface area contributed by atoms with Crippen LogP contribution in [0.1, 0.15) is 16.2 Å². The minimum absolute atomic E-state index is 0.111. The molecule has 5 nitrogen and oxygen atoms in total. The molecule has 3 aromatic carbocycles. The van der Waals surface area contributed by atoms with E-state index in [4.69, 9.17) is 0 Å². The number of carbonyl (C=O) groups excluding carboxylic acids is 1. The SMILES string of the molecule is Cc1ccc(-c2nc(C(=O)Nc3cccc(Br)c3)nn2-c2ccccc2)cc1. The molecule has 0 aliphatic heterocycles. The Labute approximate surface area is 171 Å². The maximum atomic E-state index is 12.7. The first-order valence-corrected chi connectivity index (χ1v) is 9.56. The molecule has 6 heteroatoms. The molecule has 0 unspecified atom stereocenters. The number of hydrogen-bond donors (Lipinski definition) is 1. The molecule has 1 N–H and O–H groups in total. The van der Waals surface area contributed by atoms with E-state index in [1.165, 1.54) is 0 Å². The van der Waals surface area contributed by atoms with Crippen molar-refractivity contribution in [3.63, 3.8) is 0 Å². The van der Waals surface area contributed by atoms with Crippen LogP contribution < -0.4 is 5.32 Å². The van der Waals surface area contributed by atoms with Gasteiger partial charge in [-0.25, -0.2) is 9.67 Å². The third kappa shape index (κ3) is 3.87. The number of para-hydroxylation sites is 1. The summed E-state index contributed by atoms with van der Waals surface area (Å²) in [6, 6.07) is 25.0. The number of nitrogens with one attached hydrogen (secondary N) is 1. The molecule has 0 saturated heterocycles. The molecule has 4 rings (SSSR count). The van der Waals surface area contributed by atoms with E-state index in [2.05, 4.69) is 31.3 Å². The lowest BCUT2D eigenvalue weighted by Gasteiger charge is -2.05. The van der Waals surface area contributed by atoms with Crippen molar-refractivity contribution in [1.29, 1.82) is 0 Å². The third-order valence-corrected chi connectivity index (χ3v) is 4.70. The van der Waals surface area contributed by atoms with Gasteiger partial charge in [0.15, 0.2) is 5.82 Å². The number of benzene rings is 3. The van der Waals surface area contributed by atoms with Crippen molar-refractivity contribution < 1.29 is 4.79 Å². The van der Waals surface area contributed by atoms with Gasteiger partial charge in [0.1, 0.15) is 0 Å². The molecule has 28 heavy (non-hydrogen) atoms. The van der Waals surface area contributed by atoms with Gasteiger partial charge in [-0.1, -0.05) is 70.0 Å². The van der Waals surface area contributed by atoms with Gasteiger partial charge in [0.2, 0.25) is 5.82 Å². The van der Waals surface area contributed by atoms with Crippen molar-refractivity contribution in [2.75, 3.05) is 5.32 Å². The first-order valence-electron chi connectivity index (χ1n) is 8.76. The van der Waals surface area contributed by atoms with Crippen LogP contribution in [-0.4, -0.2) is 20.7 Å². The van der Waals surface area contributed by atoms with Gasteiger partial charge >= 0.3 is 0 Å². The van der Waals surface area contributed by atoms with Gasteiger partial charge in [-0.3, -0.25) is 4.79 Å². The van der Waals surface area contributed by atoms with Crippen LogP contribution in [0.5, 0.6) is 0 Å². The highest BCUT2D eigenvalue weighted by Crippen LogP contribution is 2.22. The van der Waals surface area contributed by atoms with Crippen LogP contribution >= 0.6 is 15.9 Å². The van der Waals surface area contributed by atoms with Crippen LogP contribution in [0.4, 0.5) is 5.69 Å². The Hall–Kier alpha value is -3.25. The zero-order valence-electron chi connectivity index (χ0n) is 15.1. The molecule has 138 valence electrons. The van der Waals surface area contributed by atoms with Gasteiger partial charge in [0, 0.05) is 15.7 Å². The zero-order valence-corrected chi connectivity index (χ0v) is 16.7. The van der Waals surface area contributed by atoms with Crippen LogP contribution in [0.15, 0.2) is 83.3 Å². The second-order valence-corrected chi connectivity index (χ2v) is 7.25. The van der Waals surface area contributed by atoms with E-state index in [0.29, 0.717) is 11.5 Å². The summed E-state index contributed by atoms with van der Waals surface area (Å²) < 4.78 is 2.58. The van der Waals surface area contributed by atoms with E-state index >= 15 is 0 Å². The maximum absolute atomic E-state index is 12.7. The number of carbonyl (C=O) groups is 1. The number of amides is 1. The monoisotopic (exact) mass is 432 g/mol. The minimum atomic E-state index is -0.360. The largest absolute Gasteiger partial charge is 0.319 e. The molecule has 4 aromatic rings. The lowest BCUT2D eigenvalue weighted by molar-refractivity contribution is 0.101. The molecule has 0 fully saturated rings. The normalized spacial score (nSPS) is 10.6. The fourth-order valence-electron chi connectivity index (χ4n) is 2.80. The number of anilines is 1. The summed E-state index contributed by atoms with van der Waals surface area (Å²) in [5.74, 6) is 0.367. The van der Waals surface area contributed by atoms with Crippen molar-refractivity contribution in [3.8, 4) is 17.1 Å². The fourth-order valence-corrected chi connectivity index (χ4v) is 3.20. The maximum Gasteiger partial charge on any atom is 0.295 e. The number of rotatable bonds is 4. The van der Waals surface area contributed by atoms with Gasteiger partial charge in [-0.2, -0.15) is 0 Å². The molecule has 1 heterocycles. The van der Waals surface area contributed by atoms with Crippen molar-refractivity contribution in [2.45, 2.75) is 6.92 Å². The van der Waals surface area contributed by atoms with E-state index < -0.39 is 0 Å². The number of hydrogen-bond acceptors (Lipinski definition) is 3. The number of halogens is 1. The van der Waals surface area contributed by atoms with Crippen molar-refractivity contribution in [2.24, 2.45) is 0 Å². The molecule has 0 atom stereocenters. The standard InChI is InChI=1S/C22H17BrN4O/c1-15-10-12-16(13-11-15)21-25-20(26-27(21)19-8-3-2-4-9-19)22(28)24-18-7-5-6-17(23)14-18/h2-14H,1H3,(H,24,28). The molecule has 0 aliphatic carbocycles. The minimum Gasteiger partial charge on any atom is -0.319 e. The molecule has 0 spiro atoms. The van der Waals surface area contributed by atoms with Crippen LogP contribution in [0, 0.1) is 6.92 Å². The Morgan fingerprint density at radius 1 is 0.964 bits per heavy atom. The van der Waals surface area contributed by atoms with Gasteiger partial charge < -0.3 is 5.32 Å². The number of nitrogens with zero attached hydrogens (tertiary/aromatic N) is 3. The van der Waals surface area contributed by atoms with E-state index in [0.717, 1.165) is 21.3 Å². The van der Waals surface area contributed by atoms with Crippen molar-refractivity contribution in [3.05, 3.63) is 94.7 Å². The molecule has 1 aromatic heterocycles. The van der Waals surface area contributed by atoms with E-state index in [9.17, 15) is 4.79 Å². The fraction of sp³-hybridized carbons (Fsp3) is 0.0455. The highest BCUT2D eigenvalue weighted by atomic mass is 79.9. The Balaban J connectivity index is 1.74. The highest BCUT2D eigenvalue weighted by molar-refractivity contribution is 9.10. The molecule has 1 amide bonds. The molecule has 0 aliphatic rings. The Morgan fingerprint density at radius 2 is 1.71 bits per heavy atom. The highest BCUT2D eigenvalue weighted by Gasteiger charge is 2.19. The van der Waals surface area contributed by atoms with Crippen LogP contribution in [0.3, 0.4) is 0 Å². The van der Waals surface area contributed by atoms with Crippen molar-refractivity contribution >= 4 is 27.5 Å². The van der Waals surface area contributed by atoms with Gasteiger partial charge in [-0.05, 0) is 37.3 Å². The van der Waals surface area contributed by atoms with Crippen LogP contribution in [-0.2, 0) is 0 Å². The summed E-state index contributed by atoms with van der Waals surface area (Å²) >= 11 is 3.40. The van der Waals surface area contributed by atoms with Crippen molar-refractivity contribution in [1.82, 2.24) is 14.8 Å². The smallest absolute Gasteiger partial charge is 0.295 e. The topological polar surface area (TPSA) is 59.8 Å². The van der Waals surface area contributed by atoms with Gasteiger partial charge in [0.05, 0.1) is 5.69 Å². The Kier molecular flexibility index (Phi) is 5.04. The third-order valence-electron chi connectivity index (χ3n) is 4.20. The number of aromatic nitrogens is 3. The molecule has 0 saturated carbocycles. The molecular formula is C22H17BrN4O. The second-order valence-electron chi connectivity index (χ2n) is 6.34.